The van der Waals surface area contributed by atoms with Crippen molar-refractivity contribution < 1.29 is 0 Å². The highest BCUT2D eigenvalue weighted by molar-refractivity contribution is 5.85. The van der Waals surface area contributed by atoms with Gasteiger partial charge in [0.25, 0.3) is 0 Å². The molecule has 0 saturated heterocycles. The Morgan fingerprint density at radius 3 is 2.18 bits per heavy atom. The van der Waals surface area contributed by atoms with Gasteiger partial charge in [-0.25, -0.2) is 0 Å². The van der Waals surface area contributed by atoms with E-state index in [-0.39, 0.29) is 12.4 Å². The van der Waals surface area contributed by atoms with Crippen molar-refractivity contribution in [3.05, 3.63) is 11.6 Å². The number of hydrogen-bond acceptors (Lipinski definition) is 1. The minimum Gasteiger partial charge on any atom is -0.327 e. The van der Waals surface area contributed by atoms with E-state index in [9.17, 15) is 0 Å². The predicted molar refractivity (Wildman–Crippen MR) is 49.8 cm³/mol. The fourth-order valence-corrected chi connectivity index (χ4v) is 2.33. The van der Waals surface area contributed by atoms with Crippen LogP contribution in [0.25, 0.3) is 0 Å². The number of halogens is 1. The summed E-state index contributed by atoms with van der Waals surface area (Å²) in [6.07, 6.45) is 8.10. The topological polar surface area (TPSA) is 26.0 Å². The standard InChI is InChI=1S/C9H15N.ClH/c10-6-9-5-7-1-3-8(9)4-2-7;/h5,7-8H,1-4,6,10H2;1H. The van der Waals surface area contributed by atoms with Crippen molar-refractivity contribution in [2.45, 2.75) is 25.7 Å². The van der Waals surface area contributed by atoms with Gasteiger partial charge in [0.15, 0.2) is 0 Å². The molecule has 0 aromatic rings. The van der Waals surface area contributed by atoms with E-state index in [2.05, 4.69) is 6.08 Å². The van der Waals surface area contributed by atoms with E-state index in [1.165, 1.54) is 25.7 Å². The van der Waals surface area contributed by atoms with Crippen molar-refractivity contribution in [1.29, 1.82) is 0 Å². The fourth-order valence-electron chi connectivity index (χ4n) is 2.33. The molecule has 11 heavy (non-hydrogen) atoms. The molecule has 3 aliphatic carbocycles. The van der Waals surface area contributed by atoms with Crippen LogP contribution in [-0.4, -0.2) is 6.54 Å². The van der Waals surface area contributed by atoms with Crippen LogP contribution in [-0.2, 0) is 0 Å². The summed E-state index contributed by atoms with van der Waals surface area (Å²) in [6.45, 7) is 0.807. The first-order valence-corrected chi connectivity index (χ1v) is 4.31. The van der Waals surface area contributed by atoms with Gasteiger partial charge < -0.3 is 5.73 Å². The molecule has 0 aromatic heterocycles. The molecule has 0 amide bonds. The van der Waals surface area contributed by atoms with Crippen LogP contribution < -0.4 is 5.73 Å². The zero-order chi connectivity index (χ0) is 6.97. The second-order valence-corrected chi connectivity index (χ2v) is 3.56. The smallest absolute Gasteiger partial charge is 0.0139 e. The summed E-state index contributed by atoms with van der Waals surface area (Å²) >= 11 is 0. The van der Waals surface area contributed by atoms with Crippen LogP contribution in [0.2, 0.25) is 0 Å². The first-order chi connectivity index (χ1) is 4.90. The van der Waals surface area contributed by atoms with E-state index in [0.717, 1.165) is 18.4 Å². The Morgan fingerprint density at radius 2 is 1.91 bits per heavy atom. The van der Waals surface area contributed by atoms with Crippen LogP contribution >= 0.6 is 12.4 Å². The van der Waals surface area contributed by atoms with Gasteiger partial charge >= 0.3 is 0 Å². The van der Waals surface area contributed by atoms with Crippen LogP contribution in [0.3, 0.4) is 0 Å². The normalized spacial score (nSPS) is 34.5. The molecule has 0 aliphatic heterocycles. The molecular weight excluding hydrogens is 158 g/mol. The number of rotatable bonds is 1. The summed E-state index contributed by atoms with van der Waals surface area (Å²) < 4.78 is 0. The Labute approximate surface area is 74.5 Å². The lowest BCUT2D eigenvalue weighted by molar-refractivity contribution is 0.309. The van der Waals surface area contributed by atoms with Gasteiger partial charge in [0.1, 0.15) is 0 Å². The molecule has 3 rings (SSSR count). The minimum atomic E-state index is 0. The molecule has 0 heterocycles. The van der Waals surface area contributed by atoms with E-state index in [1.54, 1.807) is 5.57 Å². The van der Waals surface area contributed by atoms with Crippen molar-refractivity contribution in [2.75, 3.05) is 6.54 Å². The van der Waals surface area contributed by atoms with Crippen LogP contribution in [0.15, 0.2) is 11.6 Å². The van der Waals surface area contributed by atoms with E-state index in [0.29, 0.717) is 0 Å². The molecular formula is C9H16ClN. The molecule has 1 nitrogen and oxygen atoms in total. The van der Waals surface area contributed by atoms with E-state index in [4.69, 9.17) is 5.73 Å². The van der Waals surface area contributed by atoms with Gasteiger partial charge in [-0.15, -0.1) is 12.4 Å². The molecule has 2 heteroatoms. The zero-order valence-electron chi connectivity index (χ0n) is 6.75. The molecule has 64 valence electrons. The highest BCUT2D eigenvalue weighted by Gasteiger charge is 2.27. The number of allylic oxidation sites excluding steroid dienone is 1. The maximum Gasteiger partial charge on any atom is 0.0139 e. The van der Waals surface area contributed by atoms with Gasteiger partial charge in [-0.1, -0.05) is 11.6 Å². The van der Waals surface area contributed by atoms with Crippen molar-refractivity contribution in [2.24, 2.45) is 17.6 Å². The molecule has 0 atom stereocenters. The summed E-state index contributed by atoms with van der Waals surface area (Å²) in [5, 5.41) is 0. The Balaban J connectivity index is 0.000000605. The van der Waals surface area contributed by atoms with Gasteiger partial charge in [0.2, 0.25) is 0 Å². The third kappa shape index (κ3) is 1.60. The lowest BCUT2D eigenvalue weighted by Gasteiger charge is -2.34. The lowest BCUT2D eigenvalue weighted by atomic mass is 9.71. The Kier molecular flexibility index (Phi) is 2.97. The lowest BCUT2D eigenvalue weighted by Crippen LogP contribution is -2.25. The van der Waals surface area contributed by atoms with Crippen LogP contribution in [0.5, 0.6) is 0 Å². The van der Waals surface area contributed by atoms with E-state index in [1.807, 2.05) is 0 Å². The van der Waals surface area contributed by atoms with Gasteiger partial charge in [-0.3, -0.25) is 0 Å². The highest BCUT2D eigenvalue weighted by atomic mass is 35.5. The molecule has 3 aliphatic rings. The Bertz CT molecular complexity index is 157. The number of nitrogens with two attached hydrogens (primary N) is 1. The van der Waals surface area contributed by atoms with Gasteiger partial charge in [0.05, 0.1) is 0 Å². The summed E-state index contributed by atoms with van der Waals surface area (Å²) in [5.41, 5.74) is 7.17. The largest absolute Gasteiger partial charge is 0.327 e. The average Bonchev–Trinajstić information content (AvgIpc) is 2.06. The summed E-state index contributed by atoms with van der Waals surface area (Å²) in [6, 6.07) is 0. The predicted octanol–water partition coefficient (Wildman–Crippen LogP) is 2.11. The SMILES string of the molecule is Cl.NCC1=CC2CCC1CC2. The van der Waals surface area contributed by atoms with Crippen LogP contribution in [0.1, 0.15) is 25.7 Å². The molecule has 2 N–H and O–H groups in total. The monoisotopic (exact) mass is 173 g/mol. The third-order valence-electron chi connectivity index (χ3n) is 2.98. The number of fused-ring (bicyclic) bond motifs is 2. The van der Waals surface area contributed by atoms with Gasteiger partial charge in [-0.05, 0) is 37.5 Å². The average molecular weight is 174 g/mol. The fraction of sp³-hybridized carbons (Fsp3) is 0.778. The molecule has 1 fully saturated rings. The molecule has 2 bridgehead atoms. The van der Waals surface area contributed by atoms with E-state index < -0.39 is 0 Å². The molecule has 0 spiro atoms. The number of hydrogen-bond donors (Lipinski definition) is 1. The van der Waals surface area contributed by atoms with Crippen LogP contribution in [0, 0.1) is 11.8 Å². The maximum absolute atomic E-state index is 5.62. The van der Waals surface area contributed by atoms with Crippen molar-refractivity contribution >= 4 is 12.4 Å². The Hall–Kier alpha value is -0.0100. The van der Waals surface area contributed by atoms with Crippen molar-refractivity contribution in [3.8, 4) is 0 Å². The first-order valence-electron chi connectivity index (χ1n) is 4.31. The second-order valence-electron chi connectivity index (χ2n) is 3.56. The van der Waals surface area contributed by atoms with Gasteiger partial charge in [-0.2, -0.15) is 0 Å². The molecule has 0 radical (unpaired) electrons. The highest BCUT2D eigenvalue weighted by Crippen LogP contribution is 2.39. The van der Waals surface area contributed by atoms with Gasteiger partial charge in [0, 0.05) is 6.54 Å². The Morgan fingerprint density at radius 1 is 1.27 bits per heavy atom. The quantitative estimate of drug-likeness (QED) is 0.604. The maximum atomic E-state index is 5.62. The zero-order valence-corrected chi connectivity index (χ0v) is 7.57. The molecule has 0 unspecified atom stereocenters. The summed E-state index contributed by atoms with van der Waals surface area (Å²) in [4.78, 5) is 0. The molecule has 0 aromatic carbocycles. The van der Waals surface area contributed by atoms with Crippen molar-refractivity contribution in [3.63, 3.8) is 0 Å². The van der Waals surface area contributed by atoms with Crippen LogP contribution in [0.4, 0.5) is 0 Å². The second kappa shape index (κ2) is 3.59. The third-order valence-corrected chi connectivity index (χ3v) is 2.98. The summed E-state index contributed by atoms with van der Waals surface area (Å²) in [5.74, 6) is 1.76. The first kappa shape index (κ1) is 9.08. The molecule has 1 saturated carbocycles. The summed E-state index contributed by atoms with van der Waals surface area (Å²) in [7, 11) is 0. The minimum absolute atomic E-state index is 0. The van der Waals surface area contributed by atoms with E-state index >= 15 is 0 Å². The van der Waals surface area contributed by atoms with Crippen molar-refractivity contribution in [1.82, 2.24) is 0 Å².